The third-order valence-electron chi connectivity index (χ3n) is 3.44. The number of rotatable bonds is 4. The van der Waals surface area contributed by atoms with E-state index in [1.54, 1.807) is 11.1 Å². The molecule has 0 radical (unpaired) electrons. The minimum atomic E-state index is 0.617. The standard InChI is InChI=1S/C14H21N/c1-3-4-5-9-14-12-8-6-7-11(2)13(12)10-15-14/h6-8,14-15H,3-5,9-10H2,1-2H3. The Kier molecular flexibility index (Phi) is 3.42. The zero-order valence-corrected chi connectivity index (χ0v) is 9.84. The maximum Gasteiger partial charge on any atom is 0.0326 e. The molecule has 0 saturated heterocycles. The van der Waals surface area contributed by atoms with Gasteiger partial charge in [0.05, 0.1) is 0 Å². The van der Waals surface area contributed by atoms with E-state index >= 15 is 0 Å². The average molecular weight is 203 g/mol. The van der Waals surface area contributed by atoms with Crippen molar-refractivity contribution in [1.82, 2.24) is 5.32 Å². The highest BCUT2D eigenvalue weighted by Gasteiger charge is 2.21. The molecule has 0 aliphatic carbocycles. The van der Waals surface area contributed by atoms with Crippen LogP contribution < -0.4 is 5.32 Å². The van der Waals surface area contributed by atoms with Gasteiger partial charge in [0.2, 0.25) is 0 Å². The lowest BCUT2D eigenvalue weighted by Crippen LogP contribution is -2.11. The molecule has 1 nitrogen and oxygen atoms in total. The van der Waals surface area contributed by atoms with Crippen LogP contribution in [0.5, 0.6) is 0 Å². The molecule has 1 heteroatoms. The number of unbranched alkanes of at least 4 members (excludes halogenated alkanes) is 2. The van der Waals surface area contributed by atoms with E-state index < -0.39 is 0 Å². The molecule has 1 unspecified atom stereocenters. The lowest BCUT2D eigenvalue weighted by atomic mass is 9.97. The normalized spacial score (nSPS) is 19.2. The Hall–Kier alpha value is -0.820. The average Bonchev–Trinajstić information content (AvgIpc) is 2.64. The first-order valence-corrected chi connectivity index (χ1v) is 6.14. The van der Waals surface area contributed by atoms with Crippen LogP contribution in [0.2, 0.25) is 0 Å². The zero-order valence-electron chi connectivity index (χ0n) is 9.84. The summed E-state index contributed by atoms with van der Waals surface area (Å²) >= 11 is 0. The summed E-state index contributed by atoms with van der Waals surface area (Å²) < 4.78 is 0. The van der Waals surface area contributed by atoms with Gasteiger partial charge in [-0.1, -0.05) is 44.4 Å². The quantitative estimate of drug-likeness (QED) is 0.735. The van der Waals surface area contributed by atoms with Crippen molar-refractivity contribution in [3.8, 4) is 0 Å². The molecule has 1 aliphatic heterocycles. The molecule has 82 valence electrons. The van der Waals surface area contributed by atoms with Gasteiger partial charge in [-0.15, -0.1) is 0 Å². The van der Waals surface area contributed by atoms with Gasteiger partial charge in [-0.25, -0.2) is 0 Å². The van der Waals surface area contributed by atoms with Gasteiger partial charge in [0.25, 0.3) is 0 Å². The van der Waals surface area contributed by atoms with Crippen molar-refractivity contribution in [2.45, 2.75) is 52.1 Å². The number of hydrogen-bond acceptors (Lipinski definition) is 1. The Morgan fingerprint density at radius 3 is 3.00 bits per heavy atom. The van der Waals surface area contributed by atoms with Gasteiger partial charge in [-0.3, -0.25) is 0 Å². The zero-order chi connectivity index (χ0) is 10.7. The largest absolute Gasteiger partial charge is 0.306 e. The number of fused-ring (bicyclic) bond motifs is 1. The van der Waals surface area contributed by atoms with Crippen molar-refractivity contribution in [3.05, 3.63) is 34.9 Å². The fraction of sp³-hybridized carbons (Fsp3) is 0.571. The van der Waals surface area contributed by atoms with Gasteiger partial charge in [0, 0.05) is 12.6 Å². The van der Waals surface area contributed by atoms with E-state index in [9.17, 15) is 0 Å². The van der Waals surface area contributed by atoms with E-state index in [0.29, 0.717) is 6.04 Å². The Balaban J connectivity index is 2.05. The van der Waals surface area contributed by atoms with Crippen molar-refractivity contribution >= 4 is 0 Å². The van der Waals surface area contributed by atoms with E-state index in [0.717, 1.165) is 6.54 Å². The van der Waals surface area contributed by atoms with Crippen LogP contribution in [0.15, 0.2) is 18.2 Å². The lowest BCUT2D eigenvalue weighted by molar-refractivity contribution is 0.508. The van der Waals surface area contributed by atoms with Gasteiger partial charge in [0.1, 0.15) is 0 Å². The van der Waals surface area contributed by atoms with Crippen molar-refractivity contribution in [3.63, 3.8) is 0 Å². The first kappa shape index (κ1) is 10.7. The number of aryl methyl sites for hydroxylation is 1. The SMILES string of the molecule is CCCCCC1NCc2c(C)cccc21. The second-order valence-electron chi connectivity index (χ2n) is 4.57. The number of benzene rings is 1. The summed E-state index contributed by atoms with van der Waals surface area (Å²) in [6.07, 6.45) is 5.32. The molecular weight excluding hydrogens is 182 g/mol. The molecule has 0 bridgehead atoms. The van der Waals surface area contributed by atoms with E-state index in [1.807, 2.05) is 0 Å². The lowest BCUT2D eigenvalue weighted by Gasteiger charge is -2.11. The molecule has 0 spiro atoms. The van der Waals surface area contributed by atoms with Crippen LogP contribution in [0.3, 0.4) is 0 Å². The van der Waals surface area contributed by atoms with Crippen LogP contribution in [-0.2, 0) is 6.54 Å². The summed E-state index contributed by atoms with van der Waals surface area (Å²) in [7, 11) is 0. The van der Waals surface area contributed by atoms with Crippen LogP contribution in [0.1, 0.15) is 55.3 Å². The smallest absolute Gasteiger partial charge is 0.0326 e. The van der Waals surface area contributed by atoms with E-state index in [2.05, 4.69) is 37.4 Å². The van der Waals surface area contributed by atoms with Crippen molar-refractivity contribution in [2.24, 2.45) is 0 Å². The van der Waals surface area contributed by atoms with E-state index in [-0.39, 0.29) is 0 Å². The Labute approximate surface area is 92.9 Å². The number of hydrogen-bond donors (Lipinski definition) is 1. The van der Waals surface area contributed by atoms with Gasteiger partial charge in [-0.05, 0) is 30.0 Å². The van der Waals surface area contributed by atoms with Crippen molar-refractivity contribution < 1.29 is 0 Å². The molecule has 0 saturated carbocycles. The molecule has 2 rings (SSSR count). The maximum atomic E-state index is 3.62. The minimum Gasteiger partial charge on any atom is -0.306 e. The van der Waals surface area contributed by atoms with Gasteiger partial charge in [0.15, 0.2) is 0 Å². The highest BCUT2D eigenvalue weighted by Crippen LogP contribution is 2.30. The fourth-order valence-corrected chi connectivity index (χ4v) is 2.48. The predicted octanol–water partition coefficient (Wildman–Crippen LogP) is 3.72. The molecule has 1 N–H and O–H groups in total. The molecule has 15 heavy (non-hydrogen) atoms. The molecule has 1 aliphatic rings. The van der Waals surface area contributed by atoms with Crippen LogP contribution in [0.25, 0.3) is 0 Å². The highest BCUT2D eigenvalue weighted by atomic mass is 14.9. The molecule has 1 aromatic carbocycles. The second kappa shape index (κ2) is 4.80. The summed E-state index contributed by atoms with van der Waals surface area (Å²) in [4.78, 5) is 0. The molecule has 0 fully saturated rings. The summed E-state index contributed by atoms with van der Waals surface area (Å²) in [6, 6.07) is 7.31. The van der Waals surface area contributed by atoms with Gasteiger partial charge >= 0.3 is 0 Å². The predicted molar refractivity (Wildman–Crippen MR) is 64.9 cm³/mol. The molecule has 1 atom stereocenters. The van der Waals surface area contributed by atoms with Gasteiger partial charge < -0.3 is 5.32 Å². The molecule has 1 aromatic rings. The van der Waals surface area contributed by atoms with Crippen LogP contribution >= 0.6 is 0 Å². The summed E-state index contributed by atoms with van der Waals surface area (Å²) in [6.45, 7) is 5.55. The van der Waals surface area contributed by atoms with E-state index in [1.165, 1.54) is 31.2 Å². The third kappa shape index (κ3) is 2.23. The van der Waals surface area contributed by atoms with Crippen molar-refractivity contribution in [1.29, 1.82) is 0 Å². The van der Waals surface area contributed by atoms with Crippen LogP contribution in [0.4, 0.5) is 0 Å². The van der Waals surface area contributed by atoms with Gasteiger partial charge in [-0.2, -0.15) is 0 Å². The van der Waals surface area contributed by atoms with Crippen LogP contribution in [0, 0.1) is 6.92 Å². The first-order valence-electron chi connectivity index (χ1n) is 6.14. The van der Waals surface area contributed by atoms with Crippen LogP contribution in [-0.4, -0.2) is 0 Å². The maximum absolute atomic E-state index is 3.62. The fourth-order valence-electron chi connectivity index (χ4n) is 2.48. The molecular formula is C14H21N. The van der Waals surface area contributed by atoms with Crippen molar-refractivity contribution in [2.75, 3.05) is 0 Å². The third-order valence-corrected chi connectivity index (χ3v) is 3.44. The molecule has 0 amide bonds. The highest BCUT2D eigenvalue weighted by molar-refractivity contribution is 5.39. The summed E-state index contributed by atoms with van der Waals surface area (Å²) in [5, 5.41) is 3.62. The first-order chi connectivity index (χ1) is 7.33. The minimum absolute atomic E-state index is 0.617. The Morgan fingerprint density at radius 2 is 2.20 bits per heavy atom. The monoisotopic (exact) mass is 203 g/mol. The number of nitrogens with one attached hydrogen (secondary N) is 1. The molecule has 1 heterocycles. The summed E-state index contributed by atoms with van der Waals surface area (Å²) in [5.41, 5.74) is 4.53. The topological polar surface area (TPSA) is 12.0 Å². The Bertz CT molecular complexity index is 330. The molecule has 0 aromatic heterocycles. The van der Waals surface area contributed by atoms with E-state index in [4.69, 9.17) is 0 Å². The Morgan fingerprint density at radius 1 is 1.33 bits per heavy atom. The second-order valence-corrected chi connectivity index (χ2v) is 4.57. The summed E-state index contributed by atoms with van der Waals surface area (Å²) in [5.74, 6) is 0.